The number of ether oxygens (including phenoxy) is 1. The van der Waals surface area contributed by atoms with Gasteiger partial charge in [-0.3, -0.25) is 19.2 Å². The van der Waals surface area contributed by atoms with Crippen molar-refractivity contribution in [2.24, 2.45) is 16.2 Å². The molecule has 12 nitrogen and oxygen atoms in total. The van der Waals surface area contributed by atoms with Crippen LogP contribution in [0.15, 0.2) is 28.5 Å². The predicted molar refractivity (Wildman–Crippen MR) is 125 cm³/mol. The van der Waals surface area contributed by atoms with E-state index in [1.165, 1.54) is 19.2 Å². The minimum Gasteiger partial charge on any atom is -0.507 e. The van der Waals surface area contributed by atoms with Crippen LogP contribution in [-0.4, -0.2) is 60.0 Å². The molecule has 2 aliphatic rings. The summed E-state index contributed by atoms with van der Waals surface area (Å²) in [7, 11) is 1.36. The number of hydrogen-bond donors (Lipinski definition) is 4. The molecule has 2 aliphatic carbocycles. The second-order valence-corrected chi connectivity index (χ2v) is 8.31. The Morgan fingerprint density at radius 3 is 2.56 bits per heavy atom. The van der Waals surface area contributed by atoms with Gasteiger partial charge in [-0.25, -0.2) is 5.43 Å². The lowest BCUT2D eigenvalue weighted by Gasteiger charge is -2.30. The van der Waals surface area contributed by atoms with Gasteiger partial charge in [-0.15, -0.1) is 0 Å². The molecule has 2 amide bonds. The number of hydrazone groups is 1. The molecule has 36 heavy (non-hydrogen) atoms. The average molecular weight is 494 g/mol. The summed E-state index contributed by atoms with van der Waals surface area (Å²) in [6, 6.07) is 4.53. The van der Waals surface area contributed by atoms with Gasteiger partial charge in [0.05, 0.1) is 36.1 Å². The van der Waals surface area contributed by atoms with E-state index in [-0.39, 0.29) is 71.0 Å². The zero-order valence-electron chi connectivity index (χ0n) is 19.2. The van der Waals surface area contributed by atoms with Crippen LogP contribution in [0.5, 0.6) is 17.2 Å². The van der Waals surface area contributed by atoms with Crippen LogP contribution in [0.1, 0.15) is 49.4 Å². The average Bonchev–Trinajstić information content (AvgIpc) is 2.89. The van der Waals surface area contributed by atoms with Crippen LogP contribution in [0.3, 0.4) is 0 Å². The summed E-state index contributed by atoms with van der Waals surface area (Å²) in [5.74, 6) is -2.96. The largest absolute Gasteiger partial charge is 0.507 e. The van der Waals surface area contributed by atoms with Crippen LogP contribution in [0.4, 0.5) is 0 Å². The van der Waals surface area contributed by atoms with Crippen molar-refractivity contribution < 1.29 is 34.1 Å². The molecule has 1 atom stereocenters. The number of hydrogen-bond acceptors (Lipinski definition) is 10. The highest BCUT2D eigenvalue weighted by Gasteiger charge is 2.40. The Morgan fingerprint density at radius 2 is 1.86 bits per heavy atom. The van der Waals surface area contributed by atoms with E-state index in [2.05, 4.69) is 21.0 Å². The van der Waals surface area contributed by atoms with E-state index >= 15 is 0 Å². The first kappa shape index (κ1) is 24.5. The highest BCUT2D eigenvalue weighted by molar-refractivity contribution is 6.31. The predicted octanol–water partition coefficient (Wildman–Crippen LogP) is 0.971. The molecule has 4 rings (SSSR count). The molecular formula is C24H22N4O8. The van der Waals surface area contributed by atoms with Crippen molar-refractivity contribution in [3.05, 3.63) is 56.5 Å². The minimum absolute atomic E-state index is 0.0205. The van der Waals surface area contributed by atoms with Gasteiger partial charge in [-0.05, 0) is 25.3 Å². The molecule has 0 saturated carbocycles. The number of nitrogens with zero attached hydrogens (tertiary/aromatic N) is 2. The van der Waals surface area contributed by atoms with E-state index in [9.17, 15) is 34.3 Å². The third-order valence-corrected chi connectivity index (χ3v) is 6.39. The third-order valence-electron chi connectivity index (χ3n) is 6.39. The van der Waals surface area contributed by atoms with Gasteiger partial charge in [0.1, 0.15) is 23.8 Å². The third kappa shape index (κ3) is 4.06. The van der Waals surface area contributed by atoms with E-state index in [4.69, 9.17) is 4.74 Å². The molecule has 0 aromatic heterocycles. The summed E-state index contributed by atoms with van der Waals surface area (Å²) in [5.41, 5.74) is 2.54. The van der Waals surface area contributed by atoms with Gasteiger partial charge in [-0.1, -0.05) is 17.3 Å². The van der Waals surface area contributed by atoms with Crippen molar-refractivity contribution in [1.29, 1.82) is 0 Å². The number of phenolic OH excluding ortho intramolecular Hbond substituents is 2. The number of benzene rings is 2. The Kier molecular flexibility index (Phi) is 6.77. The van der Waals surface area contributed by atoms with Crippen LogP contribution in [-0.2, 0) is 22.4 Å². The van der Waals surface area contributed by atoms with E-state index < -0.39 is 29.1 Å². The standard InChI is InChI=1S/C24H22N4O8/c1-36-16-4-2-3-13-18(16)24(34)20-19(22(13)32)23(33)14-7-11(5-6-12(14)21(20)31)15(8-26-35)27-28-17(30)9-25-10-29/h2-4,10-11,31,33H,5-9H2,1H3,(H,25,29)(H,28,30)/b27-15+. The first-order chi connectivity index (χ1) is 17.3. The number of ketones is 2. The number of nitroso groups, excluding NO2 is 1. The molecule has 1 unspecified atom stereocenters. The van der Waals surface area contributed by atoms with Gasteiger partial charge >= 0.3 is 0 Å². The molecule has 186 valence electrons. The highest BCUT2D eigenvalue weighted by atomic mass is 16.5. The molecule has 0 heterocycles. The Labute approximate surface area is 204 Å². The van der Waals surface area contributed by atoms with E-state index in [1.807, 2.05) is 0 Å². The topological polar surface area (TPSA) is 184 Å². The summed E-state index contributed by atoms with van der Waals surface area (Å²) in [5, 5.41) is 31.2. The zero-order valence-corrected chi connectivity index (χ0v) is 19.2. The number of phenols is 2. The van der Waals surface area contributed by atoms with E-state index in [0.29, 0.717) is 18.4 Å². The summed E-state index contributed by atoms with van der Waals surface area (Å²) >= 11 is 0. The van der Waals surface area contributed by atoms with Crippen molar-refractivity contribution in [3.8, 4) is 17.2 Å². The van der Waals surface area contributed by atoms with E-state index in [1.54, 1.807) is 6.07 Å². The summed E-state index contributed by atoms with van der Waals surface area (Å²) < 4.78 is 5.24. The molecule has 0 bridgehead atoms. The molecule has 2 aromatic rings. The maximum absolute atomic E-state index is 13.3. The molecule has 0 spiro atoms. The Hall–Kier alpha value is -4.61. The second kappa shape index (κ2) is 9.94. The second-order valence-electron chi connectivity index (χ2n) is 8.31. The molecular weight excluding hydrogens is 472 g/mol. The van der Waals surface area contributed by atoms with Gasteiger partial charge in [0.2, 0.25) is 12.2 Å². The normalized spacial score (nSPS) is 16.4. The number of amides is 2. The highest BCUT2D eigenvalue weighted by Crippen LogP contribution is 2.47. The Bertz CT molecular complexity index is 1330. The van der Waals surface area contributed by atoms with Gasteiger partial charge in [-0.2, -0.15) is 10.0 Å². The molecule has 2 aromatic carbocycles. The monoisotopic (exact) mass is 494 g/mol. The van der Waals surface area contributed by atoms with Crippen LogP contribution >= 0.6 is 0 Å². The zero-order chi connectivity index (χ0) is 26.0. The number of carbonyl (C=O) groups is 4. The lowest BCUT2D eigenvalue weighted by Crippen LogP contribution is -2.33. The number of methoxy groups -OCH3 is 1. The summed E-state index contributed by atoms with van der Waals surface area (Å²) in [6.45, 7) is -0.658. The van der Waals surface area contributed by atoms with Crippen LogP contribution in [0, 0.1) is 10.8 Å². The smallest absolute Gasteiger partial charge is 0.259 e. The van der Waals surface area contributed by atoms with Crippen molar-refractivity contribution in [3.63, 3.8) is 0 Å². The molecule has 0 aliphatic heterocycles. The van der Waals surface area contributed by atoms with Crippen LogP contribution in [0.25, 0.3) is 0 Å². The van der Waals surface area contributed by atoms with Crippen molar-refractivity contribution in [2.45, 2.75) is 19.3 Å². The maximum Gasteiger partial charge on any atom is 0.259 e. The quantitative estimate of drug-likeness (QED) is 0.117. The number of fused-ring (bicyclic) bond motifs is 3. The Morgan fingerprint density at radius 1 is 1.14 bits per heavy atom. The van der Waals surface area contributed by atoms with Gasteiger partial charge in [0.15, 0.2) is 5.78 Å². The molecule has 0 fully saturated rings. The van der Waals surface area contributed by atoms with E-state index in [0.717, 1.165) is 0 Å². The van der Waals surface area contributed by atoms with Gasteiger partial charge in [0.25, 0.3) is 5.91 Å². The maximum atomic E-state index is 13.3. The minimum atomic E-state index is -0.631. The van der Waals surface area contributed by atoms with Crippen molar-refractivity contribution in [1.82, 2.24) is 10.7 Å². The molecule has 4 N–H and O–H groups in total. The molecule has 0 saturated heterocycles. The fraction of sp³-hybridized carbons (Fsp3) is 0.292. The molecule has 0 radical (unpaired) electrons. The lowest BCUT2D eigenvalue weighted by molar-refractivity contribution is -0.122. The lowest BCUT2D eigenvalue weighted by atomic mass is 9.74. The first-order valence-electron chi connectivity index (χ1n) is 11.0. The summed E-state index contributed by atoms with van der Waals surface area (Å²) in [4.78, 5) is 59.8. The van der Waals surface area contributed by atoms with Gasteiger partial charge in [0, 0.05) is 22.6 Å². The number of carbonyl (C=O) groups excluding carboxylic acids is 4. The van der Waals surface area contributed by atoms with Crippen molar-refractivity contribution in [2.75, 3.05) is 20.2 Å². The van der Waals surface area contributed by atoms with Crippen molar-refractivity contribution >= 4 is 29.6 Å². The van der Waals surface area contributed by atoms with Gasteiger partial charge < -0.3 is 20.3 Å². The molecule has 12 heteroatoms. The summed E-state index contributed by atoms with van der Waals surface area (Å²) in [6.07, 6.45) is 0.986. The Balaban J connectivity index is 1.74. The number of nitrogens with one attached hydrogen (secondary N) is 2. The fourth-order valence-electron chi connectivity index (χ4n) is 4.72. The SMILES string of the molecule is COc1cccc2c1C(=O)c1c(O)c3c(c(O)c1C2=O)CC(/C(CN=O)=N/NC(=O)CNC=O)CC3. The van der Waals surface area contributed by atoms with Crippen LogP contribution < -0.4 is 15.5 Å². The number of rotatable bonds is 8. The number of aromatic hydroxyl groups is 2. The first-order valence-corrected chi connectivity index (χ1v) is 11.0. The fourth-order valence-corrected chi connectivity index (χ4v) is 4.72. The van der Waals surface area contributed by atoms with Crippen LogP contribution in [0.2, 0.25) is 0 Å².